The molecular formula is C17H18FN3O2. The van der Waals surface area contributed by atoms with Gasteiger partial charge in [0.25, 0.3) is 0 Å². The second-order valence-corrected chi connectivity index (χ2v) is 5.62. The molecule has 23 heavy (non-hydrogen) atoms. The number of aromatic nitrogens is 2. The number of ether oxygens (including phenoxy) is 2. The zero-order valence-corrected chi connectivity index (χ0v) is 12.7. The molecule has 1 saturated heterocycles. The normalized spacial score (nSPS) is 16.2. The van der Waals surface area contributed by atoms with Gasteiger partial charge in [-0.05, 0) is 24.3 Å². The summed E-state index contributed by atoms with van der Waals surface area (Å²) in [5.74, 6) is 0.247. The Morgan fingerprint density at radius 1 is 1.17 bits per heavy atom. The third-order valence-corrected chi connectivity index (χ3v) is 4.14. The molecule has 0 bridgehead atoms. The van der Waals surface area contributed by atoms with E-state index < -0.39 is 0 Å². The van der Waals surface area contributed by atoms with Crippen molar-refractivity contribution in [2.24, 2.45) is 0 Å². The van der Waals surface area contributed by atoms with E-state index in [2.05, 4.69) is 9.88 Å². The van der Waals surface area contributed by atoms with Crippen molar-refractivity contribution >= 4 is 16.6 Å². The van der Waals surface area contributed by atoms with Crippen LogP contribution in [0.4, 0.5) is 4.39 Å². The van der Waals surface area contributed by atoms with Gasteiger partial charge in [-0.15, -0.1) is 0 Å². The largest absolute Gasteiger partial charge is 0.475 e. The highest BCUT2D eigenvalue weighted by Gasteiger charge is 2.12. The summed E-state index contributed by atoms with van der Waals surface area (Å²) in [5.41, 5.74) is 2.35. The zero-order valence-electron chi connectivity index (χ0n) is 12.7. The number of rotatable bonds is 4. The summed E-state index contributed by atoms with van der Waals surface area (Å²) < 4.78 is 26.7. The fourth-order valence-corrected chi connectivity index (χ4v) is 2.92. The molecule has 1 aromatic carbocycles. The van der Waals surface area contributed by atoms with Gasteiger partial charge in [-0.2, -0.15) is 0 Å². The molecule has 4 rings (SSSR count). The van der Waals surface area contributed by atoms with Gasteiger partial charge in [-0.3, -0.25) is 4.90 Å². The fourth-order valence-electron chi connectivity index (χ4n) is 2.92. The molecule has 1 aliphatic rings. The summed E-state index contributed by atoms with van der Waals surface area (Å²) in [5, 5.41) is 0. The summed E-state index contributed by atoms with van der Waals surface area (Å²) in [7, 11) is 0. The summed E-state index contributed by atoms with van der Waals surface area (Å²) in [6.07, 6.45) is 1.94. The Morgan fingerprint density at radius 3 is 2.91 bits per heavy atom. The molecule has 0 aliphatic carbocycles. The number of fused-ring (bicyclic) bond motifs is 3. The predicted octanol–water partition coefficient (Wildman–Crippen LogP) is 2.34. The van der Waals surface area contributed by atoms with E-state index in [1.165, 1.54) is 12.1 Å². The molecule has 1 aliphatic heterocycles. The number of halogens is 1. The second-order valence-electron chi connectivity index (χ2n) is 5.62. The average molecular weight is 315 g/mol. The Bertz CT molecular complexity index is 827. The van der Waals surface area contributed by atoms with E-state index in [1.807, 2.05) is 22.7 Å². The first-order valence-corrected chi connectivity index (χ1v) is 7.80. The molecule has 120 valence electrons. The molecular weight excluding hydrogens is 297 g/mol. The first-order valence-electron chi connectivity index (χ1n) is 7.80. The molecule has 3 heterocycles. The van der Waals surface area contributed by atoms with Gasteiger partial charge in [0.2, 0.25) is 5.88 Å². The third-order valence-electron chi connectivity index (χ3n) is 4.14. The smallest absolute Gasteiger partial charge is 0.238 e. The highest BCUT2D eigenvalue weighted by Crippen LogP contribution is 2.24. The molecule has 6 heteroatoms. The van der Waals surface area contributed by atoms with Crippen molar-refractivity contribution < 1.29 is 13.9 Å². The van der Waals surface area contributed by atoms with Crippen molar-refractivity contribution in [3.8, 4) is 5.88 Å². The lowest BCUT2D eigenvalue weighted by molar-refractivity contribution is 0.0321. The Hall–Kier alpha value is -2.18. The van der Waals surface area contributed by atoms with Crippen LogP contribution < -0.4 is 4.74 Å². The molecule has 0 saturated carbocycles. The highest BCUT2D eigenvalue weighted by atomic mass is 19.1. The van der Waals surface area contributed by atoms with Crippen LogP contribution in [0.1, 0.15) is 0 Å². The standard InChI is InChI=1S/C17H18FN3O2/c18-13-3-4-15-14(12-13)19-17(16-2-1-5-21(15)16)23-11-8-20-6-9-22-10-7-20/h1-5,12H,6-11H2. The SMILES string of the molecule is Fc1ccc2c(c1)nc(OCCN1CCOCC1)c1cccn12. The van der Waals surface area contributed by atoms with Crippen LogP contribution in [0.3, 0.4) is 0 Å². The topological polar surface area (TPSA) is 39.0 Å². The van der Waals surface area contributed by atoms with Crippen molar-refractivity contribution in [1.82, 2.24) is 14.3 Å². The Morgan fingerprint density at radius 2 is 2.04 bits per heavy atom. The van der Waals surface area contributed by atoms with Crippen LogP contribution in [0.25, 0.3) is 16.6 Å². The van der Waals surface area contributed by atoms with Gasteiger partial charge in [0.05, 0.1) is 24.2 Å². The van der Waals surface area contributed by atoms with Crippen molar-refractivity contribution in [2.75, 3.05) is 39.5 Å². The summed E-state index contributed by atoms with van der Waals surface area (Å²) >= 11 is 0. The summed E-state index contributed by atoms with van der Waals surface area (Å²) in [4.78, 5) is 6.80. The molecule has 0 unspecified atom stereocenters. The average Bonchev–Trinajstić information content (AvgIpc) is 3.05. The lowest BCUT2D eigenvalue weighted by atomic mass is 10.3. The molecule has 0 N–H and O–H groups in total. The van der Waals surface area contributed by atoms with E-state index in [1.54, 1.807) is 6.07 Å². The number of benzene rings is 1. The van der Waals surface area contributed by atoms with Crippen LogP contribution in [0.2, 0.25) is 0 Å². The van der Waals surface area contributed by atoms with Crippen LogP contribution >= 0.6 is 0 Å². The van der Waals surface area contributed by atoms with Crippen molar-refractivity contribution in [3.05, 3.63) is 42.3 Å². The number of morpholine rings is 1. The van der Waals surface area contributed by atoms with Gasteiger partial charge < -0.3 is 13.9 Å². The maximum Gasteiger partial charge on any atom is 0.238 e. The van der Waals surface area contributed by atoms with Gasteiger partial charge in [-0.25, -0.2) is 9.37 Å². The Kier molecular flexibility index (Phi) is 3.85. The lowest BCUT2D eigenvalue weighted by Crippen LogP contribution is -2.38. The van der Waals surface area contributed by atoms with Crippen molar-refractivity contribution in [1.29, 1.82) is 0 Å². The number of hydrogen-bond acceptors (Lipinski definition) is 4. The molecule has 2 aromatic heterocycles. The molecule has 0 amide bonds. The minimum Gasteiger partial charge on any atom is -0.475 e. The second kappa shape index (κ2) is 6.14. The Labute approximate surface area is 133 Å². The predicted molar refractivity (Wildman–Crippen MR) is 85.4 cm³/mol. The van der Waals surface area contributed by atoms with Crippen LogP contribution in [0.15, 0.2) is 36.5 Å². The molecule has 3 aromatic rings. The van der Waals surface area contributed by atoms with Crippen molar-refractivity contribution in [2.45, 2.75) is 0 Å². The molecule has 0 radical (unpaired) electrons. The Balaban J connectivity index is 1.58. The van der Waals surface area contributed by atoms with Gasteiger partial charge in [-0.1, -0.05) is 0 Å². The lowest BCUT2D eigenvalue weighted by Gasteiger charge is -2.26. The number of nitrogens with zero attached hydrogens (tertiary/aromatic N) is 3. The minimum absolute atomic E-state index is 0.296. The van der Waals surface area contributed by atoms with Gasteiger partial charge >= 0.3 is 0 Å². The van der Waals surface area contributed by atoms with Crippen LogP contribution in [0, 0.1) is 5.82 Å². The van der Waals surface area contributed by atoms with E-state index in [0.717, 1.165) is 43.9 Å². The van der Waals surface area contributed by atoms with Gasteiger partial charge in [0.15, 0.2) is 0 Å². The summed E-state index contributed by atoms with van der Waals surface area (Å²) in [6, 6.07) is 8.52. The van der Waals surface area contributed by atoms with E-state index in [-0.39, 0.29) is 5.82 Å². The number of hydrogen-bond donors (Lipinski definition) is 0. The van der Waals surface area contributed by atoms with Crippen molar-refractivity contribution in [3.63, 3.8) is 0 Å². The maximum atomic E-state index is 13.5. The zero-order chi connectivity index (χ0) is 15.6. The van der Waals surface area contributed by atoms with E-state index in [4.69, 9.17) is 9.47 Å². The van der Waals surface area contributed by atoms with Crippen LogP contribution in [-0.4, -0.2) is 53.7 Å². The van der Waals surface area contributed by atoms with E-state index in [9.17, 15) is 4.39 Å². The molecule has 1 fully saturated rings. The third kappa shape index (κ3) is 2.87. The highest BCUT2D eigenvalue weighted by molar-refractivity contribution is 5.81. The first kappa shape index (κ1) is 14.4. The minimum atomic E-state index is -0.296. The van der Waals surface area contributed by atoms with Crippen LogP contribution in [0.5, 0.6) is 5.88 Å². The van der Waals surface area contributed by atoms with Gasteiger partial charge in [0, 0.05) is 31.9 Å². The fraction of sp³-hybridized carbons (Fsp3) is 0.353. The van der Waals surface area contributed by atoms with E-state index >= 15 is 0 Å². The molecule has 0 spiro atoms. The van der Waals surface area contributed by atoms with Gasteiger partial charge in [0.1, 0.15) is 17.9 Å². The first-order chi connectivity index (χ1) is 11.3. The quantitative estimate of drug-likeness (QED) is 0.741. The molecule has 0 atom stereocenters. The summed E-state index contributed by atoms with van der Waals surface area (Å²) in [6.45, 7) is 4.79. The monoisotopic (exact) mass is 315 g/mol. The van der Waals surface area contributed by atoms with E-state index in [0.29, 0.717) is 18.0 Å². The molecule has 5 nitrogen and oxygen atoms in total. The van der Waals surface area contributed by atoms with Crippen LogP contribution in [-0.2, 0) is 4.74 Å². The maximum absolute atomic E-state index is 13.5.